The molecule has 0 bridgehead atoms. The predicted octanol–water partition coefficient (Wildman–Crippen LogP) is -3.42. The van der Waals surface area contributed by atoms with E-state index >= 15 is 0 Å². The molecule has 0 saturated heterocycles. The molecule has 31 heavy (non-hydrogen) atoms. The van der Waals surface area contributed by atoms with Gasteiger partial charge in [0.15, 0.2) is 0 Å². The van der Waals surface area contributed by atoms with Crippen molar-refractivity contribution in [1.82, 2.24) is 30.6 Å². The fourth-order valence-electron chi connectivity index (χ4n) is 0.577. The van der Waals surface area contributed by atoms with E-state index in [1.54, 1.807) is 55.4 Å². The third-order valence-corrected chi connectivity index (χ3v) is 1.69. The molecule has 189 valence electrons. The normalized spacial score (nSPS) is 6.26. The van der Waals surface area contributed by atoms with Gasteiger partial charge in [0, 0.05) is 30.5 Å². The Hall–Kier alpha value is -1.99. The second-order valence-corrected chi connectivity index (χ2v) is 3.62. The minimum absolute atomic E-state index is 0. The molecule has 0 amide bonds. The second kappa shape index (κ2) is 46.3. The fraction of sp³-hybridized carbons (Fsp3) is 0.267. The van der Waals surface area contributed by atoms with Crippen LogP contribution in [0.15, 0.2) is 55.4 Å². The molecule has 0 spiro atoms. The van der Waals surface area contributed by atoms with Gasteiger partial charge in [0.2, 0.25) is 0 Å². The number of hydrogen-bond donors (Lipinski definition) is 0. The molecular weight excluding hydrogens is 567 g/mol. The van der Waals surface area contributed by atoms with Crippen LogP contribution in [0.2, 0.25) is 0 Å². The molecule has 13 nitrogen and oxygen atoms in total. The van der Waals surface area contributed by atoms with Crippen molar-refractivity contribution in [2.45, 2.75) is 26.7 Å². The molecule has 0 aliphatic rings. The molecule has 0 saturated carbocycles. The summed E-state index contributed by atoms with van der Waals surface area (Å²) in [6.45, 7) is 3.07. The maximum atomic E-state index is 9.26. The van der Waals surface area contributed by atoms with Crippen LogP contribution in [-0.2, 0) is 60.8 Å². The van der Waals surface area contributed by atoms with Gasteiger partial charge in [-0.3, -0.25) is 0 Å². The van der Waals surface area contributed by atoms with Crippen LogP contribution < -0.4 is 25.5 Å². The zero-order valence-electron chi connectivity index (χ0n) is 16.3. The van der Waals surface area contributed by atoms with Gasteiger partial charge in [0.25, 0.3) is 0 Å². The summed E-state index contributed by atoms with van der Waals surface area (Å²) in [5.41, 5.74) is 0. The van der Waals surface area contributed by atoms with Crippen molar-refractivity contribution in [1.29, 1.82) is 0 Å². The summed E-state index contributed by atoms with van der Waals surface area (Å²) in [7, 11) is 0. The Morgan fingerprint density at radius 2 is 0.871 bits per heavy atom. The van der Waals surface area contributed by atoms with Crippen molar-refractivity contribution in [2.24, 2.45) is 0 Å². The summed E-state index contributed by atoms with van der Waals surface area (Å²) in [6, 6.07) is 5.33. The quantitative estimate of drug-likeness (QED) is 0.265. The summed E-state index contributed by atoms with van der Waals surface area (Å²) < 4.78 is 0. The molecule has 0 aliphatic carbocycles. The van der Waals surface area contributed by atoms with E-state index in [0.29, 0.717) is 0 Å². The number of rotatable bonds is 2. The van der Waals surface area contributed by atoms with E-state index in [1.165, 1.54) is 13.8 Å². The first-order valence-electron chi connectivity index (χ1n) is 7.09. The van der Waals surface area contributed by atoms with E-state index in [4.69, 9.17) is 0 Å². The molecule has 3 radical (unpaired) electrons. The van der Waals surface area contributed by atoms with Gasteiger partial charge in [0.1, 0.15) is 0 Å². The molecule has 0 aliphatic heterocycles. The van der Waals surface area contributed by atoms with Gasteiger partial charge in [-0.15, -0.1) is 0 Å². The largest absolute Gasteiger partial charge is 2.00 e. The number of carbonyl (C=O) groups excluding carboxylic acids is 2. The average Bonchev–Trinajstić information content (AvgIpc) is 3.43. The van der Waals surface area contributed by atoms with E-state index in [0.717, 1.165) is 0 Å². The molecular formula is C15H24Cu3N6O7. The number of carboxylic acid groups (broad SMARTS) is 2. The number of carbonyl (C=O) groups is 2. The molecule has 0 aromatic carbocycles. The van der Waals surface area contributed by atoms with Gasteiger partial charge in [-0.05, 0) is 12.8 Å². The van der Waals surface area contributed by atoms with Gasteiger partial charge in [0.05, 0.1) is 0 Å². The Bertz CT molecular complexity index is 460. The maximum Gasteiger partial charge on any atom is 2.00 e. The Labute approximate surface area is 211 Å². The number of carboxylic acids is 2. The van der Waals surface area contributed by atoms with Gasteiger partial charge < -0.3 is 66.8 Å². The topological polar surface area (TPSA) is 254 Å². The number of nitrogens with zero attached hydrogens (tertiary/aromatic N) is 6. The van der Waals surface area contributed by atoms with Gasteiger partial charge in [-0.2, -0.15) is 18.6 Å². The van der Waals surface area contributed by atoms with E-state index in [9.17, 15) is 19.8 Å². The van der Waals surface area contributed by atoms with Crippen LogP contribution in [-0.4, -0.2) is 43.7 Å². The third-order valence-electron chi connectivity index (χ3n) is 1.69. The Kier molecular flexibility index (Phi) is 77.0. The number of aliphatic carboxylic acids is 2. The van der Waals surface area contributed by atoms with Crippen LogP contribution in [0.3, 0.4) is 0 Å². The number of hydrogen-bond acceptors (Lipinski definition) is 8. The van der Waals surface area contributed by atoms with Crippen LogP contribution in [0.4, 0.5) is 0 Å². The Morgan fingerprint density at radius 1 is 0.677 bits per heavy atom. The summed E-state index contributed by atoms with van der Waals surface area (Å²) in [6.07, 6.45) is 10.1. The smallest absolute Gasteiger partial charge is 0.870 e. The fourth-order valence-corrected chi connectivity index (χ4v) is 0.577. The van der Waals surface area contributed by atoms with E-state index in [-0.39, 0.29) is 80.5 Å². The van der Waals surface area contributed by atoms with Crippen LogP contribution in [0.25, 0.3) is 0 Å². The maximum absolute atomic E-state index is 9.26. The van der Waals surface area contributed by atoms with Crippen molar-refractivity contribution in [3.63, 3.8) is 0 Å². The molecule has 0 fully saturated rings. The van der Waals surface area contributed by atoms with E-state index < -0.39 is 11.9 Å². The van der Waals surface area contributed by atoms with Crippen LogP contribution in [0.1, 0.15) is 26.7 Å². The van der Waals surface area contributed by atoms with Gasteiger partial charge in [-0.1, -0.05) is 32.0 Å². The minimum Gasteiger partial charge on any atom is -0.870 e. The first-order chi connectivity index (χ1) is 12.0. The van der Waals surface area contributed by atoms with E-state index in [1.807, 2.05) is 0 Å². The van der Waals surface area contributed by atoms with Crippen molar-refractivity contribution in [3.05, 3.63) is 55.4 Å². The summed E-state index contributed by atoms with van der Waals surface area (Å²) in [5, 5.41) is 39.3. The van der Waals surface area contributed by atoms with Crippen LogP contribution in [0, 0.1) is 0 Å². The Morgan fingerprint density at radius 3 is 0.903 bits per heavy atom. The van der Waals surface area contributed by atoms with Crippen molar-refractivity contribution in [2.75, 3.05) is 0 Å². The summed E-state index contributed by atoms with van der Waals surface area (Å²) in [5.74, 6) is -1.99. The zero-order chi connectivity index (χ0) is 19.2. The molecule has 3 aromatic heterocycles. The van der Waals surface area contributed by atoms with Crippen molar-refractivity contribution >= 4 is 11.9 Å². The van der Waals surface area contributed by atoms with Crippen molar-refractivity contribution in [3.8, 4) is 0 Å². The molecule has 16 heteroatoms. The predicted molar refractivity (Wildman–Crippen MR) is 92.4 cm³/mol. The molecule has 3 aromatic rings. The summed E-state index contributed by atoms with van der Waals surface area (Å²) >= 11 is 0. The van der Waals surface area contributed by atoms with Gasteiger partial charge in [-0.25, -0.2) is 0 Å². The first-order valence-corrected chi connectivity index (χ1v) is 7.09. The Balaban J connectivity index is -0.0000000339. The molecule has 0 unspecified atom stereocenters. The summed E-state index contributed by atoms with van der Waals surface area (Å²) in [4.78, 5) is 18.5. The number of aromatic nitrogens is 6. The first kappa shape index (κ1) is 51.6. The SMILES string of the molecule is CCC(=O)[O-].CCC(=O)[O-].O.O.[Cu+2].[Cu+2].[Cu+2].[OH-].c1cn[n-]c1.c1cn[n-]c1.c1cn[n-]c1. The average molecular weight is 591 g/mol. The molecule has 5 N–H and O–H groups in total. The monoisotopic (exact) mass is 589 g/mol. The molecule has 0 atom stereocenters. The standard InChI is InChI=1S/3C3H3N2.2C3H6O2.3Cu.3H2O/c3*1-2-4-5-3-1;2*1-2-3(4)5;;;;;;/h3*1-3H;2*2H2,1H3,(H,4,5);;;;3*1H2/q3*-1;;;3*+2;;;/p-3. The van der Waals surface area contributed by atoms with Crippen LogP contribution in [0.5, 0.6) is 0 Å². The van der Waals surface area contributed by atoms with Gasteiger partial charge >= 0.3 is 51.2 Å². The van der Waals surface area contributed by atoms with E-state index in [2.05, 4.69) is 30.6 Å². The van der Waals surface area contributed by atoms with Crippen LogP contribution >= 0.6 is 0 Å². The zero-order valence-corrected chi connectivity index (χ0v) is 19.1. The second-order valence-electron chi connectivity index (χ2n) is 3.62. The third kappa shape index (κ3) is 65.5. The molecule has 3 rings (SSSR count). The molecule has 3 heterocycles. The van der Waals surface area contributed by atoms with Crippen molar-refractivity contribution < 1.29 is 87.4 Å². The minimum atomic E-state index is -0.995.